The van der Waals surface area contributed by atoms with Crippen molar-refractivity contribution in [1.29, 1.82) is 0 Å². The lowest BCUT2D eigenvalue weighted by molar-refractivity contribution is 0.252. The Morgan fingerprint density at radius 2 is 1.72 bits per heavy atom. The summed E-state index contributed by atoms with van der Waals surface area (Å²) in [6.07, 6.45) is 1.46. The van der Waals surface area contributed by atoms with Gasteiger partial charge in [0.15, 0.2) is 0 Å². The molecule has 0 aliphatic carbocycles. The first-order chi connectivity index (χ1) is 14.0. The standard InChI is InChI=1S/C20H19N5O4/c26-17-16(13-21-24-19(28)22-15-9-5-2-6-10-15)18(27)25(20(29)23-17)12-11-14-7-3-1-4-8-14/h1-10,13,27H,11-12H2,(H2,22,24,28)(H,23,26,29). The van der Waals surface area contributed by atoms with Crippen LogP contribution >= 0.6 is 0 Å². The number of rotatable bonds is 6. The molecule has 148 valence electrons. The first kappa shape index (κ1) is 19.6. The Labute approximate surface area is 165 Å². The van der Waals surface area contributed by atoms with E-state index in [9.17, 15) is 19.5 Å². The topological polar surface area (TPSA) is 129 Å². The first-order valence-electron chi connectivity index (χ1n) is 8.79. The summed E-state index contributed by atoms with van der Waals surface area (Å²) in [5, 5.41) is 16.6. The van der Waals surface area contributed by atoms with Crippen LogP contribution in [0.2, 0.25) is 0 Å². The highest BCUT2D eigenvalue weighted by atomic mass is 16.3. The summed E-state index contributed by atoms with van der Waals surface area (Å²) >= 11 is 0. The number of aryl methyl sites for hydroxylation is 1. The van der Waals surface area contributed by atoms with Gasteiger partial charge in [-0.1, -0.05) is 48.5 Å². The molecule has 29 heavy (non-hydrogen) atoms. The fraction of sp³-hybridized carbons (Fsp3) is 0.100. The van der Waals surface area contributed by atoms with Crippen molar-refractivity contribution in [2.45, 2.75) is 13.0 Å². The predicted octanol–water partition coefficient (Wildman–Crippen LogP) is 1.64. The van der Waals surface area contributed by atoms with E-state index in [0.29, 0.717) is 12.1 Å². The molecule has 0 saturated carbocycles. The molecule has 9 heteroatoms. The third-order valence-corrected chi connectivity index (χ3v) is 4.07. The Morgan fingerprint density at radius 1 is 1.07 bits per heavy atom. The lowest BCUT2D eigenvalue weighted by Gasteiger charge is -2.09. The van der Waals surface area contributed by atoms with E-state index < -0.39 is 23.2 Å². The van der Waals surface area contributed by atoms with Gasteiger partial charge in [0.05, 0.1) is 6.21 Å². The number of hydrogen-bond acceptors (Lipinski definition) is 5. The minimum absolute atomic E-state index is 0.161. The highest BCUT2D eigenvalue weighted by molar-refractivity contribution is 5.90. The molecule has 0 saturated heterocycles. The summed E-state index contributed by atoms with van der Waals surface area (Å²) in [6, 6.07) is 17.5. The number of para-hydroxylation sites is 1. The Kier molecular flexibility index (Phi) is 6.21. The van der Waals surface area contributed by atoms with Crippen molar-refractivity contribution in [3.63, 3.8) is 0 Å². The monoisotopic (exact) mass is 393 g/mol. The minimum Gasteiger partial charge on any atom is -0.494 e. The van der Waals surface area contributed by atoms with Gasteiger partial charge in [-0.15, -0.1) is 0 Å². The number of benzene rings is 2. The number of carbonyl (C=O) groups excluding carboxylic acids is 1. The molecule has 2 amide bonds. The number of hydrazone groups is 1. The molecule has 9 nitrogen and oxygen atoms in total. The SMILES string of the molecule is O=C(NN=Cc1c(O)n(CCc2ccccc2)c(=O)[nH]c1=O)Nc1ccccc1. The van der Waals surface area contributed by atoms with Gasteiger partial charge in [-0.2, -0.15) is 5.10 Å². The summed E-state index contributed by atoms with van der Waals surface area (Å²) in [5.41, 5.74) is 1.96. The molecule has 0 bridgehead atoms. The van der Waals surface area contributed by atoms with Crippen LogP contribution in [0.1, 0.15) is 11.1 Å². The van der Waals surface area contributed by atoms with Gasteiger partial charge < -0.3 is 10.4 Å². The lowest BCUT2D eigenvalue weighted by atomic mass is 10.1. The van der Waals surface area contributed by atoms with Crippen LogP contribution in [-0.2, 0) is 13.0 Å². The Morgan fingerprint density at radius 3 is 2.41 bits per heavy atom. The number of hydrogen-bond donors (Lipinski definition) is 4. The van der Waals surface area contributed by atoms with E-state index in [-0.39, 0.29) is 12.1 Å². The van der Waals surface area contributed by atoms with Crippen LogP contribution in [0, 0.1) is 0 Å². The second-order valence-electron chi connectivity index (χ2n) is 6.07. The highest BCUT2D eigenvalue weighted by Gasteiger charge is 2.12. The van der Waals surface area contributed by atoms with Gasteiger partial charge in [0.2, 0.25) is 5.88 Å². The molecule has 3 rings (SSSR count). The van der Waals surface area contributed by atoms with Crippen LogP contribution in [-0.4, -0.2) is 26.9 Å². The van der Waals surface area contributed by atoms with E-state index in [2.05, 4.69) is 20.8 Å². The number of H-pyrrole nitrogens is 1. The number of urea groups is 1. The fourth-order valence-corrected chi connectivity index (χ4v) is 2.62. The molecule has 2 aromatic carbocycles. The summed E-state index contributed by atoms with van der Waals surface area (Å²) in [4.78, 5) is 38.0. The number of aromatic hydroxyl groups is 1. The van der Waals surface area contributed by atoms with Crippen molar-refractivity contribution in [2.24, 2.45) is 5.10 Å². The van der Waals surface area contributed by atoms with Crippen molar-refractivity contribution in [3.05, 3.63) is 92.6 Å². The number of carbonyl (C=O) groups is 1. The van der Waals surface area contributed by atoms with Gasteiger partial charge in [-0.25, -0.2) is 15.0 Å². The zero-order valence-electron chi connectivity index (χ0n) is 15.3. The third kappa shape index (κ3) is 5.19. The fourth-order valence-electron chi connectivity index (χ4n) is 2.62. The van der Waals surface area contributed by atoms with Gasteiger partial charge in [0, 0.05) is 12.2 Å². The van der Waals surface area contributed by atoms with Gasteiger partial charge in [0.25, 0.3) is 5.56 Å². The number of nitrogens with zero attached hydrogens (tertiary/aromatic N) is 2. The van der Waals surface area contributed by atoms with Crippen molar-refractivity contribution in [1.82, 2.24) is 15.0 Å². The molecule has 1 heterocycles. The molecule has 1 aromatic heterocycles. The van der Waals surface area contributed by atoms with E-state index in [1.54, 1.807) is 24.3 Å². The van der Waals surface area contributed by atoms with Crippen molar-refractivity contribution >= 4 is 17.9 Å². The van der Waals surface area contributed by atoms with Crippen LogP contribution < -0.4 is 22.0 Å². The molecule has 0 atom stereocenters. The second-order valence-corrected chi connectivity index (χ2v) is 6.07. The van der Waals surface area contributed by atoms with Gasteiger partial charge in [-0.05, 0) is 24.1 Å². The summed E-state index contributed by atoms with van der Waals surface area (Å²) < 4.78 is 1.04. The Hall–Kier alpha value is -4.14. The maximum absolute atomic E-state index is 12.0. The predicted molar refractivity (Wildman–Crippen MR) is 109 cm³/mol. The normalized spacial score (nSPS) is 10.8. The molecule has 0 spiro atoms. The second kappa shape index (κ2) is 9.18. The Balaban J connectivity index is 1.71. The van der Waals surface area contributed by atoms with E-state index in [1.165, 1.54) is 0 Å². The summed E-state index contributed by atoms with van der Waals surface area (Å²) in [5.74, 6) is -0.524. The molecule has 0 radical (unpaired) electrons. The first-order valence-corrected chi connectivity index (χ1v) is 8.79. The molecule has 0 aliphatic heterocycles. The molecule has 0 unspecified atom stereocenters. The maximum Gasteiger partial charge on any atom is 0.339 e. The van der Waals surface area contributed by atoms with Crippen LogP contribution in [0.3, 0.4) is 0 Å². The van der Waals surface area contributed by atoms with Crippen LogP contribution in [0.4, 0.5) is 10.5 Å². The average molecular weight is 393 g/mol. The number of amides is 2. The zero-order valence-corrected chi connectivity index (χ0v) is 15.3. The van der Waals surface area contributed by atoms with Crippen LogP contribution in [0.25, 0.3) is 0 Å². The summed E-state index contributed by atoms with van der Waals surface area (Å²) in [7, 11) is 0. The molecule has 0 aliphatic rings. The van der Waals surface area contributed by atoms with Gasteiger partial charge in [0.1, 0.15) is 5.56 Å². The highest BCUT2D eigenvalue weighted by Crippen LogP contribution is 2.10. The number of aromatic amines is 1. The third-order valence-electron chi connectivity index (χ3n) is 4.07. The largest absolute Gasteiger partial charge is 0.494 e. The van der Waals surface area contributed by atoms with Crippen LogP contribution in [0.5, 0.6) is 5.88 Å². The summed E-state index contributed by atoms with van der Waals surface area (Å²) in [6.45, 7) is 0.161. The quantitative estimate of drug-likeness (QED) is 0.375. The molecule has 4 N–H and O–H groups in total. The van der Waals surface area contributed by atoms with Crippen LogP contribution in [0.15, 0.2) is 75.4 Å². The van der Waals surface area contributed by atoms with Crippen molar-refractivity contribution < 1.29 is 9.90 Å². The minimum atomic E-state index is -0.808. The Bertz CT molecular complexity index is 1120. The smallest absolute Gasteiger partial charge is 0.339 e. The van der Waals surface area contributed by atoms with E-state index in [0.717, 1.165) is 16.3 Å². The zero-order chi connectivity index (χ0) is 20.6. The molecule has 3 aromatic rings. The van der Waals surface area contributed by atoms with Crippen molar-refractivity contribution in [3.8, 4) is 5.88 Å². The lowest BCUT2D eigenvalue weighted by Crippen LogP contribution is -2.33. The maximum atomic E-state index is 12.0. The van der Waals surface area contributed by atoms with E-state index >= 15 is 0 Å². The molecule has 0 fully saturated rings. The molecular weight excluding hydrogens is 374 g/mol. The van der Waals surface area contributed by atoms with Gasteiger partial charge >= 0.3 is 11.7 Å². The van der Waals surface area contributed by atoms with E-state index in [4.69, 9.17) is 0 Å². The van der Waals surface area contributed by atoms with E-state index in [1.807, 2.05) is 36.4 Å². The molecular formula is C20H19N5O4. The van der Waals surface area contributed by atoms with Gasteiger partial charge in [-0.3, -0.25) is 14.3 Å². The average Bonchev–Trinajstić information content (AvgIpc) is 2.71. The van der Waals surface area contributed by atoms with Crippen molar-refractivity contribution in [2.75, 3.05) is 5.32 Å². The number of anilines is 1. The number of aromatic nitrogens is 2. The number of nitrogens with one attached hydrogen (secondary N) is 3.